The summed E-state index contributed by atoms with van der Waals surface area (Å²) in [5.41, 5.74) is 3.57. The Morgan fingerprint density at radius 2 is 1.62 bits per heavy atom. The first-order chi connectivity index (χ1) is 16.7. The van der Waals surface area contributed by atoms with Crippen molar-refractivity contribution in [3.05, 3.63) is 101 Å². The number of hydrogen-bond donors (Lipinski definition) is 0. The Morgan fingerprint density at radius 3 is 2.32 bits per heavy atom. The van der Waals surface area contributed by atoms with Crippen LogP contribution in [0, 0.1) is 5.82 Å². The van der Waals surface area contributed by atoms with Crippen LogP contribution in [-0.2, 0) is 27.4 Å². The van der Waals surface area contributed by atoms with E-state index in [0.717, 1.165) is 22.4 Å². The van der Waals surface area contributed by atoms with Crippen LogP contribution in [0.1, 0.15) is 16.7 Å². The molecular formula is C27H27FN2O4. The highest BCUT2D eigenvalue weighted by molar-refractivity contribution is 6.01. The Morgan fingerprint density at radius 1 is 0.912 bits per heavy atom. The number of amides is 1. The highest BCUT2D eigenvalue weighted by Crippen LogP contribution is 2.16. The number of hydrogen-bond acceptors (Lipinski definition) is 5. The van der Waals surface area contributed by atoms with Crippen LogP contribution in [0.15, 0.2) is 84.0 Å². The molecule has 6 nitrogen and oxygen atoms in total. The van der Waals surface area contributed by atoms with E-state index in [4.69, 9.17) is 14.3 Å². The molecule has 1 aliphatic rings. The zero-order valence-corrected chi connectivity index (χ0v) is 18.9. The fourth-order valence-electron chi connectivity index (χ4n) is 3.53. The molecule has 1 amide bonds. The van der Waals surface area contributed by atoms with E-state index in [1.807, 2.05) is 54.6 Å². The Hall–Kier alpha value is -3.71. The molecule has 1 aliphatic heterocycles. The average molecular weight is 463 g/mol. The molecule has 1 saturated heterocycles. The molecule has 176 valence electrons. The molecular weight excluding hydrogens is 435 g/mol. The van der Waals surface area contributed by atoms with Crippen LogP contribution in [0.2, 0.25) is 0 Å². The van der Waals surface area contributed by atoms with Crippen molar-refractivity contribution in [2.24, 2.45) is 5.16 Å². The lowest BCUT2D eigenvalue weighted by atomic mass is 10.0. The number of rotatable bonds is 9. The van der Waals surface area contributed by atoms with Gasteiger partial charge in [-0.2, -0.15) is 0 Å². The zero-order valence-electron chi connectivity index (χ0n) is 18.9. The third-order valence-corrected chi connectivity index (χ3v) is 5.45. The Bertz CT molecular complexity index is 1080. The van der Waals surface area contributed by atoms with Crippen LogP contribution in [0.25, 0.3) is 0 Å². The Labute approximate surface area is 198 Å². The van der Waals surface area contributed by atoms with Crippen LogP contribution in [0.5, 0.6) is 5.75 Å². The minimum atomic E-state index is -0.286. The second kappa shape index (κ2) is 12.0. The van der Waals surface area contributed by atoms with Crippen molar-refractivity contribution in [2.45, 2.75) is 13.0 Å². The van der Waals surface area contributed by atoms with Gasteiger partial charge in [0.2, 0.25) is 0 Å². The molecule has 4 rings (SSSR count). The van der Waals surface area contributed by atoms with E-state index in [1.54, 1.807) is 17.0 Å². The SMILES string of the molecule is O=C(COc1ccc(C(Cc2ccccc2)=NOCc2ccc(F)cc2)cc1)N1CCOCC1. The Balaban J connectivity index is 1.41. The molecule has 0 bridgehead atoms. The third kappa shape index (κ3) is 6.89. The van der Waals surface area contributed by atoms with E-state index in [2.05, 4.69) is 5.16 Å². The van der Waals surface area contributed by atoms with Gasteiger partial charge in [-0.05, 0) is 53.1 Å². The van der Waals surface area contributed by atoms with Crippen molar-refractivity contribution in [1.29, 1.82) is 0 Å². The molecule has 1 heterocycles. The van der Waals surface area contributed by atoms with Crippen LogP contribution >= 0.6 is 0 Å². The first kappa shape index (κ1) is 23.4. The van der Waals surface area contributed by atoms with Gasteiger partial charge in [-0.3, -0.25) is 4.79 Å². The number of oxime groups is 1. The van der Waals surface area contributed by atoms with Crippen molar-refractivity contribution in [1.82, 2.24) is 4.90 Å². The van der Waals surface area contributed by atoms with Crippen molar-refractivity contribution in [3.63, 3.8) is 0 Å². The molecule has 0 N–H and O–H groups in total. The summed E-state index contributed by atoms with van der Waals surface area (Å²) in [7, 11) is 0. The molecule has 3 aromatic rings. The number of benzene rings is 3. The van der Waals surface area contributed by atoms with Gasteiger partial charge in [0.25, 0.3) is 5.91 Å². The lowest BCUT2D eigenvalue weighted by Gasteiger charge is -2.26. The van der Waals surface area contributed by atoms with Crippen LogP contribution in [0.3, 0.4) is 0 Å². The van der Waals surface area contributed by atoms with E-state index in [1.165, 1.54) is 12.1 Å². The molecule has 0 spiro atoms. The molecule has 0 saturated carbocycles. The smallest absolute Gasteiger partial charge is 0.260 e. The summed E-state index contributed by atoms with van der Waals surface area (Å²) in [6.07, 6.45) is 0.583. The largest absolute Gasteiger partial charge is 0.484 e. The first-order valence-electron chi connectivity index (χ1n) is 11.2. The molecule has 7 heteroatoms. The highest BCUT2D eigenvalue weighted by Gasteiger charge is 2.17. The summed E-state index contributed by atoms with van der Waals surface area (Å²) in [5, 5.41) is 4.38. The number of carbonyl (C=O) groups is 1. The summed E-state index contributed by atoms with van der Waals surface area (Å²) in [4.78, 5) is 19.6. The quantitative estimate of drug-likeness (QED) is 0.353. The molecule has 1 fully saturated rings. The van der Waals surface area contributed by atoms with Crippen LogP contribution in [0.4, 0.5) is 4.39 Å². The lowest BCUT2D eigenvalue weighted by Crippen LogP contribution is -2.42. The first-order valence-corrected chi connectivity index (χ1v) is 11.2. The molecule has 0 radical (unpaired) electrons. The van der Waals surface area contributed by atoms with Gasteiger partial charge in [0.05, 0.1) is 18.9 Å². The molecule has 0 aliphatic carbocycles. The van der Waals surface area contributed by atoms with Crippen molar-refractivity contribution >= 4 is 11.6 Å². The normalized spacial score (nSPS) is 14.0. The van der Waals surface area contributed by atoms with Gasteiger partial charge in [-0.25, -0.2) is 4.39 Å². The fraction of sp³-hybridized carbons (Fsp3) is 0.259. The minimum Gasteiger partial charge on any atom is -0.484 e. The van der Waals surface area contributed by atoms with Gasteiger partial charge < -0.3 is 19.2 Å². The number of halogens is 1. The van der Waals surface area contributed by atoms with Gasteiger partial charge in [-0.1, -0.05) is 47.6 Å². The maximum absolute atomic E-state index is 13.1. The number of carbonyl (C=O) groups excluding carboxylic acids is 1. The summed E-state index contributed by atoms with van der Waals surface area (Å²) in [5.74, 6) is 0.274. The van der Waals surface area contributed by atoms with E-state index in [-0.39, 0.29) is 24.9 Å². The van der Waals surface area contributed by atoms with Crippen molar-refractivity contribution in [3.8, 4) is 5.75 Å². The monoisotopic (exact) mass is 462 g/mol. The van der Waals surface area contributed by atoms with Crippen molar-refractivity contribution in [2.75, 3.05) is 32.9 Å². The second-order valence-corrected chi connectivity index (χ2v) is 7.91. The number of nitrogens with zero attached hydrogens (tertiary/aromatic N) is 2. The molecule has 0 atom stereocenters. The minimum absolute atomic E-state index is 0.00884. The maximum atomic E-state index is 13.1. The van der Waals surface area contributed by atoms with E-state index < -0.39 is 0 Å². The van der Waals surface area contributed by atoms with Gasteiger partial charge in [0, 0.05) is 19.5 Å². The standard InChI is InChI=1S/C27H27FN2O4/c28-24-10-6-22(7-11-24)19-34-29-26(18-21-4-2-1-3-5-21)23-8-12-25(13-9-23)33-20-27(31)30-14-16-32-17-15-30/h1-13H,14-20H2. The van der Waals surface area contributed by atoms with Gasteiger partial charge in [-0.15, -0.1) is 0 Å². The summed E-state index contributed by atoms with van der Waals surface area (Å²) < 4.78 is 24.1. The second-order valence-electron chi connectivity index (χ2n) is 7.91. The maximum Gasteiger partial charge on any atom is 0.260 e. The van der Waals surface area contributed by atoms with Crippen LogP contribution in [-0.4, -0.2) is 49.4 Å². The van der Waals surface area contributed by atoms with E-state index >= 15 is 0 Å². The third-order valence-electron chi connectivity index (χ3n) is 5.45. The highest BCUT2D eigenvalue weighted by atomic mass is 19.1. The zero-order chi connectivity index (χ0) is 23.6. The molecule has 0 aromatic heterocycles. The molecule has 3 aromatic carbocycles. The lowest BCUT2D eigenvalue weighted by molar-refractivity contribution is -0.137. The van der Waals surface area contributed by atoms with E-state index in [0.29, 0.717) is 38.5 Å². The predicted molar refractivity (Wildman–Crippen MR) is 127 cm³/mol. The summed E-state index contributed by atoms with van der Waals surface area (Å²) in [6.45, 7) is 2.55. The number of ether oxygens (including phenoxy) is 2. The van der Waals surface area contributed by atoms with Crippen LogP contribution < -0.4 is 4.74 Å². The fourth-order valence-corrected chi connectivity index (χ4v) is 3.53. The average Bonchev–Trinajstić information content (AvgIpc) is 2.89. The summed E-state index contributed by atoms with van der Waals surface area (Å²) >= 11 is 0. The van der Waals surface area contributed by atoms with E-state index in [9.17, 15) is 9.18 Å². The molecule has 34 heavy (non-hydrogen) atoms. The van der Waals surface area contributed by atoms with Gasteiger partial charge in [0.15, 0.2) is 6.61 Å². The topological polar surface area (TPSA) is 60.4 Å². The van der Waals surface area contributed by atoms with Gasteiger partial charge >= 0.3 is 0 Å². The summed E-state index contributed by atoms with van der Waals surface area (Å²) in [6, 6.07) is 23.6. The van der Waals surface area contributed by atoms with Gasteiger partial charge in [0.1, 0.15) is 18.2 Å². The molecule has 0 unspecified atom stereocenters. The predicted octanol–water partition coefficient (Wildman–Crippen LogP) is 4.23. The Kier molecular flexibility index (Phi) is 8.24. The number of morpholine rings is 1. The van der Waals surface area contributed by atoms with Crippen molar-refractivity contribution < 1.29 is 23.5 Å².